The number of aromatic nitrogens is 1. The summed E-state index contributed by atoms with van der Waals surface area (Å²) in [6.07, 6.45) is 0.699. The number of halogens is 1. The second-order valence-corrected chi connectivity index (χ2v) is 7.76. The van der Waals surface area contributed by atoms with Crippen LogP contribution in [-0.2, 0) is 6.42 Å². The van der Waals surface area contributed by atoms with Crippen molar-refractivity contribution in [3.05, 3.63) is 26.5 Å². The Labute approximate surface area is 122 Å². The molecule has 96 valence electrons. The number of nitrogens with zero attached hydrogens (tertiary/aromatic N) is 1. The molecule has 0 aromatic carbocycles. The van der Waals surface area contributed by atoms with Crippen molar-refractivity contribution in [1.29, 1.82) is 0 Å². The molecule has 0 fully saturated rings. The molecule has 0 bridgehead atoms. The van der Waals surface area contributed by atoms with E-state index < -0.39 is 5.97 Å². The zero-order chi connectivity index (χ0) is 13.3. The van der Waals surface area contributed by atoms with Crippen LogP contribution in [0.15, 0.2) is 15.9 Å². The SMILES string of the molecule is CC(C)Cc1nc(-c2ccc(Br)s2)sc1C(=O)O. The lowest BCUT2D eigenvalue weighted by Gasteiger charge is -2.01. The highest BCUT2D eigenvalue weighted by Gasteiger charge is 2.19. The number of carboxylic acid groups (broad SMARTS) is 1. The van der Waals surface area contributed by atoms with Gasteiger partial charge in [0.25, 0.3) is 0 Å². The summed E-state index contributed by atoms with van der Waals surface area (Å²) in [6, 6.07) is 3.91. The van der Waals surface area contributed by atoms with Gasteiger partial charge >= 0.3 is 5.97 Å². The third kappa shape index (κ3) is 2.99. The highest BCUT2D eigenvalue weighted by Crippen LogP contribution is 2.35. The highest BCUT2D eigenvalue weighted by molar-refractivity contribution is 9.11. The number of thiophene rings is 1. The van der Waals surface area contributed by atoms with E-state index in [0.717, 1.165) is 13.7 Å². The molecule has 1 N–H and O–H groups in total. The van der Waals surface area contributed by atoms with Gasteiger partial charge in [-0.1, -0.05) is 13.8 Å². The number of aromatic carboxylic acids is 1. The lowest BCUT2D eigenvalue weighted by atomic mass is 10.1. The van der Waals surface area contributed by atoms with E-state index >= 15 is 0 Å². The van der Waals surface area contributed by atoms with E-state index in [1.165, 1.54) is 11.3 Å². The molecule has 0 atom stereocenters. The highest BCUT2D eigenvalue weighted by atomic mass is 79.9. The lowest BCUT2D eigenvalue weighted by Crippen LogP contribution is -2.02. The minimum atomic E-state index is -0.884. The van der Waals surface area contributed by atoms with E-state index in [1.54, 1.807) is 11.3 Å². The average Bonchev–Trinajstić information content (AvgIpc) is 2.83. The van der Waals surface area contributed by atoms with Crippen LogP contribution in [0.1, 0.15) is 29.2 Å². The number of thiazole rings is 1. The molecule has 0 aliphatic heterocycles. The summed E-state index contributed by atoms with van der Waals surface area (Å²) in [5, 5.41) is 10.00. The molecule has 0 amide bonds. The van der Waals surface area contributed by atoms with Gasteiger partial charge in [0, 0.05) is 0 Å². The molecule has 2 aromatic heterocycles. The fourth-order valence-electron chi connectivity index (χ4n) is 1.58. The van der Waals surface area contributed by atoms with Gasteiger partial charge in [-0.2, -0.15) is 0 Å². The van der Waals surface area contributed by atoms with Crippen molar-refractivity contribution in [2.45, 2.75) is 20.3 Å². The summed E-state index contributed by atoms with van der Waals surface area (Å²) >= 11 is 6.22. The van der Waals surface area contributed by atoms with Gasteiger partial charge in [0.1, 0.15) is 9.88 Å². The Kier molecular flexibility index (Phi) is 4.19. The summed E-state index contributed by atoms with van der Waals surface area (Å²) in [7, 11) is 0. The standard InChI is InChI=1S/C12H12BrNO2S2/c1-6(2)5-7-10(12(15)16)18-11(14-7)8-3-4-9(13)17-8/h3-4,6H,5H2,1-2H3,(H,15,16). The van der Waals surface area contributed by atoms with Crippen LogP contribution in [0.4, 0.5) is 0 Å². The van der Waals surface area contributed by atoms with Crippen LogP contribution in [0.3, 0.4) is 0 Å². The van der Waals surface area contributed by atoms with E-state index in [-0.39, 0.29) is 0 Å². The third-order valence-electron chi connectivity index (χ3n) is 2.28. The molecule has 2 rings (SSSR count). The third-order valence-corrected chi connectivity index (χ3v) is 5.16. The molecular weight excluding hydrogens is 334 g/mol. The molecule has 0 unspecified atom stereocenters. The molecule has 6 heteroatoms. The van der Waals surface area contributed by atoms with Crippen molar-refractivity contribution in [3.63, 3.8) is 0 Å². The van der Waals surface area contributed by atoms with Gasteiger partial charge in [0.2, 0.25) is 0 Å². The van der Waals surface area contributed by atoms with Crippen LogP contribution < -0.4 is 0 Å². The molecule has 0 saturated carbocycles. The Bertz CT molecular complexity index is 574. The number of hydrogen-bond donors (Lipinski definition) is 1. The van der Waals surface area contributed by atoms with Crippen molar-refractivity contribution in [2.75, 3.05) is 0 Å². The van der Waals surface area contributed by atoms with Crippen LogP contribution in [0.2, 0.25) is 0 Å². The fraction of sp³-hybridized carbons (Fsp3) is 0.333. The summed E-state index contributed by atoms with van der Waals surface area (Å²) in [5.41, 5.74) is 0.696. The van der Waals surface area contributed by atoms with Gasteiger partial charge < -0.3 is 5.11 Å². The van der Waals surface area contributed by atoms with E-state index in [2.05, 4.69) is 34.8 Å². The maximum absolute atomic E-state index is 11.2. The largest absolute Gasteiger partial charge is 0.477 e. The quantitative estimate of drug-likeness (QED) is 0.885. The normalized spacial score (nSPS) is 11.1. The smallest absolute Gasteiger partial charge is 0.347 e. The summed E-state index contributed by atoms with van der Waals surface area (Å²) in [5.74, 6) is -0.488. The Balaban J connectivity index is 2.42. The van der Waals surface area contributed by atoms with E-state index in [9.17, 15) is 9.90 Å². The van der Waals surface area contributed by atoms with Gasteiger partial charge in [-0.3, -0.25) is 0 Å². The van der Waals surface area contributed by atoms with Gasteiger partial charge in [-0.05, 0) is 40.4 Å². The van der Waals surface area contributed by atoms with Gasteiger partial charge in [-0.15, -0.1) is 22.7 Å². The summed E-state index contributed by atoms with van der Waals surface area (Å²) in [6.45, 7) is 4.12. The average molecular weight is 346 g/mol. The fourth-order valence-corrected chi connectivity index (χ4v) is 3.95. The first-order valence-electron chi connectivity index (χ1n) is 5.46. The molecule has 2 heterocycles. The first kappa shape index (κ1) is 13.7. The van der Waals surface area contributed by atoms with Gasteiger partial charge in [0.15, 0.2) is 0 Å². The maximum atomic E-state index is 11.2. The van der Waals surface area contributed by atoms with Crippen LogP contribution in [0, 0.1) is 5.92 Å². The van der Waals surface area contributed by atoms with Crippen LogP contribution in [-0.4, -0.2) is 16.1 Å². The van der Waals surface area contributed by atoms with E-state index in [1.807, 2.05) is 12.1 Å². The number of carbonyl (C=O) groups is 1. The molecule has 3 nitrogen and oxygen atoms in total. The molecule has 0 aliphatic carbocycles. The predicted molar refractivity (Wildman–Crippen MR) is 78.6 cm³/mol. The Hall–Kier alpha value is -0.720. The van der Waals surface area contributed by atoms with Crippen LogP contribution >= 0.6 is 38.6 Å². The number of rotatable bonds is 4. The molecule has 18 heavy (non-hydrogen) atoms. The molecule has 0 spiro atoms. The van der Waals surface area contributed by atoms with Gasteiger partial charge in [-0.25, -0.2) is 9.78 Å². The maximum Gasteiger partial charge on any atom is 0.347 e. The second kappa shape index (κ2) is 5.50. The van der Waals surface area contributed by atoms with Crippen molar-refractivity contribution < 1.29 is 9.90 Å². The van der Waals surface area contributed by atoms with Crippen molar-refractivity contribution >= 4 is 44.6 Å². The zero-order valence-corrected chi connectivity index (χ0v) is 13.2. The first-order chi connectivity index (χ1) is 8.47. The van der Waals surface area contributed by atoms with Crippen LogP contribution in [0.5, 0.6) is 0 Å². The Morgan fingerprint density at radius 2 is 2.17 bits per heavy atom. The second-order valence-electron chi connectivity index (χ2n) is 4.30. The lowest BCUT2D eigenvalue weighted by molar-refractivity contribution is 0.0700. The van der Waals surface area contributed by atoms with Crippen molar-refractivity contribution in [3.8, 4) is 9.88 Å². The van der Waals surface area contributed by atoms with E-state index in [0.29, 0.717) is 22.9 Å². The van der Waals surface area contributed by atoms with Gasteiger partial charge in [0.05, 0.1) is 14.4 Å². The molecule has 0 saturated heterocycles. The zero-order valence-electron chi connectivity index (χ0n) is 9.94. The minimum Gasteiger partial charge on any atom is -0.477 e. The van der Waals surface area contributed by atoms with Crippen LogP contribution in [0.25, 0.3) is 9.88 Å². The monoisotopic (exact) mass is 345 g/mol. The first-order valence-corrected chi connectivity index (χ1v) is 7.88. The Morgan fingerprint density at radius 1 is 1.44 bits per heavy atom. The molecular formula is C12H12BrNO2S2. The summed E-state index contributed by atoms with van der Waals surface area (Å²) in [4.78, 5) is 17.1. The number of hydrogen-bond acceptors (Lipinski definition) is 4. The molecule has 2 aromatic rings. The van der Waals surface area contributed by atoms with E-state index in [4.69, 9.17) is 0 Å². The minimum absolute atomic E-state index is 0.364. The Morgan fingerprint density at radius 3 is 2.67 bits per heavy atom. The molecule has 0 radical (unpaired) electrons. The topological polar surface area (TPSA) is 50.2 Å². The van der Waals surface area contributed by atoms with Crippen molar-refractivity contribution in [2.24, 2.45) is 5.92 Å². The summed E-state index contributed by atoms with van der Waals surface area (Å²) < 4.78 is 1.02. The van der Waals surface area contributed by atoms with Crippen molar-refractivity contribution in [1.82, 2.24) is 4.98 Å². The number of carboxylic acids is 1. The molecule has 0 aliphatic rings. The predicted octanol–water partition coefficient (Wildman–Crippen LogP) is 4.53.